The molecule has 3 rings (SSSR count). The van der Waals surface area contributed by atoms with Gasteiger partial charge in [-0.15, -0.1) is 0 Å². The van der Waals surface area contributed by atoms with Gasteiger partial charge in [0.1, 0.15) is 11.5 Å². The number of hydrogen-bond donors (Lipinski definition) is 0. The number of benzene rings is 3. The Bertz CT molecular complexity index is 1360. The minimum Gasteiger partial charge on any atom is -0.485 e. The summed E-state index contributed by atoms with van der Waals surface area (Å²) < 4.78 is 34.4. The topological polar surface area (TPSA) is 88.1 Å². The van der Waals surface area contributed by atoms with Gasteiger partial charge in [-0.1, -0.05) is 25.0 Å². The van der Waals surface area contributed by atoms with Crippen LogP contribution < -0.4 is 14.2 Å². The zero-order valence-corrected chi connectivity index (χ0v) is 19.6. The first-order valence-corrected chi connectivity index (χ1v) is 10.8. The highest BCUT2D eigenvalue weighted by Crippen LogP contribution is 2.23. The summed E-state index contributed by atoms with van der Waals surface area (Å²) in [4.78, 5) is 34.6. The Balaban J connectivity index is 1.55. The molecule has 186 valence electrons. The van der Waals surface area contributed by atoms with Crippen LogP contribution in [0.5, 0.6) is 17.2 Å². The van der Waals surface area contributed by atoms with Crippen LogP contribution >= 0.6 is 0 Å². The van der Waals surface area contributed by atoms with Crippen LogP contribution in [-0.2, 0) is 14.3 Å². The maximum atomic E-state index is 14.2. The van der Waals surface area contributed by atoms with Crippen LogP contribution in [-0.4, -0.2) is 31.1 Å². The van der Waals surface area contributed by atoms with Gasteiger partial charge in [-0.05, 0) is 66.7 Å². The number of carbonyl (C=O) groups excluding carboxylic acids is 3. The van der Waals surface area contributed by atoms with E-state index in [1.54, 1.807) is 48.5 Å². The van der Waals surface area contributed by atoms with Crippen molar-refractivity contribution in [1.82, 2.24) is 0 Å². The number of esters is 2. The lowest BCUT2D eigenvalue weighted by Crippen LogP contribution is -2.10. The van der Waals surface area contributed by atoms with Gasteiger partial charge in [-0.3, -0.25) is 4.79 Å². The molecule has 0 atom stereocenters. The molecule has 0 amide bonds. The standard InChI is InChI=1S/C29H21FO7/c1-3-23(31)18-34-24-13-9-21(10-14-24)6-5-20-7-11-22(12-8-20)29(33)37-25-15-16-27(26(30)17-25)35-19-36-28(32)4-2/h3-4,7-17H,1-2,18-19H2. The molecule has 7 nitrogen and oxygen atoms in total. The van der Waals surface area contributed by atoms with Gasteiger partial charge in [0, 0.05) is 23.3 Å². The second kappa shape index (κ2) is 13.1. The van der Waals surface area contributed by atoms with Gasteiger partial charge in [0.2, 0.25) is 6.79 Å². The first-order chi connectivity index (χ1) is 17.9. The van der Waals surface area contributed by atoms with E-state index < -0.39 is 24.5 Å². The van der Waals surface area contributed by atoms with E-state index in [-0.39, 0.29) is 29.5 Å². The van der Waals surface area contributed by atoms with E-state index in [0.29, 0.717) is 11.3 Å². The second-order valence-corrected chi connectivity index (χ2v) is 7.22. The molecule has 0 N–H and O–H groups in total. The smallest absolute Gasteiger partial charge is 0.343 e. The number of halogens is 1. The predicted molar refractivity (Wildman–Crippen MR) is 133 cm³/mol. The lowest BCUT2D eigenvalue weighted by molar-refractivity contribution is -0.144. The molecule has 3 aromatic rings. The van der Waals surface area contributed by atoms with E-state index in [2.05, 4.69) is 29.7 Å². The van der Waals surface area contributed by atoms with Gasteiger partial charge in [0.15, 0.2) is 24.0 Å². The SMILES string of the molecule is C=CC(=O)COc1ccc(C#Cc2ccc(C(=O)Oc3ccc(OCOC(=O)C=C)c(F)c3)cc2)cc1. The molecule has 0 radical (unpaired) electrons. The van der Waals surface area contributed by atoms with Gasteiger partial charge in [-0.2, -0.15) is 0 Å². The van der Waals surface area contributed by atoms with Gasteiger partial charge < -0.3 is 18.9 Å². The third-order valence-electron chi connectivity index (χ3n) is 4.63. The maximum Gasteiger partial charge on any atom is 0.343 e. The number of carbonyl (C=O) groups is 3. The van der Waals surface area contributed by atoms with Crippen molar-refractivity contribution in [2.24, 2.45) is 0 Å². The monoisotopic (exact) mass is 500 g/mol. The molecule has 0 aromatic heterocycles. The van der Waals surface area contributed by atoms with Crippen LogP contribution in [0.1, 0.15) is 21.5 Å². The fraction of sp³-hybridized carbons (Fsp3) is 0.0690. The Morgan fingerprint density at radius 2 is 1.43 bits per heavy atom. The average molecular weight is 500 g/mol. The predicted octanol–water partition coefficient (Wildman–Crippen LogP) is 4.64. The van der Waals surface area contributed by atoms with Crippen molar-refractivity contribution in [3.05, 3.63) is 115 Å². The summed E-state index contributed by atoms with van der Waals surface area (Å²) >= 11 is 0. The molecule has 0 saturated carbocycles. The van der Waals surface area contributed by atoms with Crippen molar-refractivity contribution < 1.29 is 37.7 Å². The highest BCUT2D eigenvalue weighted by atomic mass is 19.1. The summed E-state index contributed by atoms with van der Waals surface area (Å²) in [5.74, 6) is 3.93. The van der Waals surface area contributed by atoms with Crippen LogP contribution in [0.2, 0.25) is 0 Å². The Morgan fingerprint density at radius 1 is 0.811 bits per heavy atom. The molecule has 37 heavy (non-hydrogen) atoms. The summed E-state index contributed by atoms with van der Waals surface area (Å²) in [5, 5.41) is 0. The number of rotatable bonds is 10. The first kappa shape index (κ1) is 26.4. The molecule has 0 aliphatic rings. The molecule has 0 aliphatic heterocycles. The molecule has 8 heteroatoms. The van der Waals surface area contributed by atoms with Crippen LogP contribution in [0.15, 0.2) is 92.0 Å². The fourth-order valence-corrected chi connectivity index (χ4v) is 2.72. The summed E-state index contributed by atoms with van der Waals surface area (Å²) in [6.45, 7) is 6.06. The van der Waals surface area contributed by atoms with E-state index in [9.17, 15) is 18.8 Å². The Labute approximate surface area is 212 Å². The van der Waals surface area contributed by atoms with Gasteiger partial charge >= 0.3 is 11.9 Å². The zero-order chi connectivity index (χ0) is 26.6. The van der Waals surface area contributed by atoms with E-state index in [1.807, 2.05) is 0 Å². The van der Waals surface area contributed by atoms with Crippen molar-refractivity contribution in [1.29, 1.82) is 0 Å². The maximum absolute atomic E-state index is 14.2. The van der Waals surface area contributed by atoms with Gasteiger partial charge in [0.25, 0.3) is 0 Å². The van der Waals surface area contributed by atoms with Crippen LogP contribution in [0.3, 0.4) is 0 Å². The van der Waals surface area contributed by atoms with Crippen molar-refractivity contribution in [2.45, 2.75) is 0 Å². The normalized spacial score (nSPS) is 9.76. The van der Waals surface area contributed by atoms with E-state index in [0.717, 1.165) is 17.7 Å². The largest absolute Gasteiger partial charge is 0.485 e. The van der Waals surface area contributed by atoms with Crippen LogP contribution in [0.4, 0.5) is 4.39 Å². The number of hydrogen-bond acceptors (Lipinski definition) is 7. The molecule has 0 saturated heterocycles. The van der Waals surface area contributed by atoms with Crippen LogP contribution in [0, 0.1) is 17.7 Å². The highest BCUT2D eigenvalue weighted by molar-refractivity contribution is 5.91. The third-order valence-corrected chi connectivity index (χ3v) is 4.63. The quantitative estimate of drug-likeness (QED) is 0.132. The Morgan fingerprint density at radius 3 is 2.03 bits per heavy atom. The molecule has 0 heterocycles. The molecule has 0 bridgehead atoms. The minimum atomic E-state index is -0.796. The van der Waals surface area contributed by atoms with Crippen LogP contribution in [0.25, 0.3) is 0 Å². The molecular weight excluding hydrogens is 479 g/mol. The van der Waals surface area contributed by atoms with E-state index in [4.69, 9.17) is 14.2 Å². The summed E-state index contributed by atoms with van der Waals surface area (Å²) in [7, 11) is 0. The van der Waals surface area contributed by atoms with Crippen molar-refractivity contribution in [3.8, 4) is 29.1 Å². The Hall–Kier alpha value is -5.16. The highest BCUT2D eigenvalue weighted by Gasteiger charge is 2.12. The fourth-order valence-electron chi connectivity index (χ4n) is 2.72. The average Bonchev–Trinajstić information content (AvgIpc) is 2.92. The summed E-state index contributed by atoms with van der Waals surface area (Å²) in [6, 6.07) is 16.9. The van der Waals surface area contributed by atoms with Gasteiger partial charge in [0.05, 0.1) is 5.56 Å². The molecule has 0 fully saturated rings. The van der Waals surface area contributed by atoms with Gasteiger partial charge in [-0.25, -0.2) is 14.0 Å². The third kappa shape index (κ3) is 8.23. The van der Waals surface area contributed by atoms with Crippen molar-refractivity contribution in [3.63, 3.8) is 0 Å². The lowest BCUT2D eigenvalue weighted by atomic mass is 10.1. The Kier molecular flexibility index (Phi) is 9.34. The molecular formula is C29H21FO7. The number of ketones is 1. The van der Waals surface area contributed by atoms with E-state index in [1.165, 1.54) is 18.2 Å². The molecule has 0 spiro atoms. The molecule has 0 unspecified atom stereocenters. The summed E-state index contributed by atoms with van der Waals surface area (Å²) in [5.41, 5.74) is 1.65. The zero-order valence-electron chi connectivity index (χ0n) is 19.6. The lowest BCUT2D eigenvalue weighted by Gasteiger charge is -2.09. The number of ether oxygens (including phenoxy) is 4. The minimum absolute atomic E-state index is 0.0249. The summed E-state index contributed by atoms with van der Waals surface area (Å²) in [6.07, 6.45) is 2.15. The van der Waals surface area contributed by atoms with Crippen molar-refractivity contribution >= 4 is 17.7 Å². The second-order valence-electron chi connectivity index (χ2n) is 7.22. The van der Waals surface area contributed by atoms with E-state index >= 15 is 0 Å². The molecule has 3 aromatic carbocycles. The van der Waals surface area contributed by atoms with Crippen molar-refractivity contribution in [2.75, 3.05) is 13.4 Å². The first-order valence-electron chi connectivity index (χ1n) is 10.8. The molecule has 0 aliphatic carbocycles.